The van der Waals surface area contributed by atoms with Crippen LogP contribution in [-0.4, -0.2) is 9.49 Å². The van der Waals surface area contributed by atoms with Gasteiger partial charge < -0.3 is 0 Å². The van der Waals surface area contributed by atoms with Crippen molar-refractivity contribution in [3.05, 3.63) is 0 Å². The Morgan fingerprint density at radius 3 is 0.900 bits per heavy atom. The van der Waals surface area contributed by atoms with E-state index < -0.39 is 0 Å². The second-order valence-corrected chi connectivity index (χ2v) is 6.98. The minimum absolute atomic E-state index is 0. The summed E-state index contributed by atoms with van der Waals surface area (Å²) in [6.07, 6.45) is 0. The van der Waals surface area contributed by atoms with Crippen molar-refractivity contribution in [1.82, 2.24) is 0 Å². The number of hydrogen-bond acceptors (Lipinski definition) is 1. The van der Waals surface area contributed by atoms with Gasteiger partial charge in [0, 0.05) is 31.9 Å². The van der Waals surface area contributed by atoms with Gasteiger partial charge in [0.15, 0.2) is 0 Å². The first-order valence-electron chi connectivity index (χ1n) is 3.41. The van der Waals surface area contributed by atoms with Gasteiger partial charge in [-0.05, 0) is 0 Å². The first-order chi connectivity index (χ1) is 3.71. The normalized spacial score (nSPS) is 12.6. The molecule has 0 aromatic carbocycles. The van der Waals surface area contributed by atoms with Crippen LogP contribution < -0.4 is 0 Å². The van der Waals surface area contributed by atoms with E-state index in [-0.39, 0.29) is 22.4 Å². The third-order valence-corrected chi connectivity index (χ3v) is 1.84. The van der Waals surface area contributed by atoms with Gasteiger partial charge >= 0.3 is 0 Å². The van der Waals surface area contributed by atoms with Gasteiger partial charge in [-0.15, -0.1) is 0 Å². The van der Waals surface area contributed by atoms with Crippen LogP contribution >= 0.6 is 11.8 Å². The molecule has 0 heterocycles. The fourth-order valence-electron chi connectivity index (χ4n) is 0.919. The molecule has 0 N–H and O–H groups in total. The third kappa shape index (κ3) is 11.8. The summed E-state index contributed by atoms with van der Waals surface area (Å²) >= 11 is 2.01. The van der Waals surface area contributed by atoms with Crippen molar-refractivity contribution in [1.29, 1.82) is 0 Å². The molecular weight excluding hydrogens is 236 g/mol. The molecule has 0 aliphatic carbocycles. The molecule has 0 aromatic rings. The summed E-state index contributed by atoms with van der Waals surface area (Å²) in [7, 11) is 0. The fourth-order valence-corrected chi connectivity index (χ4v) is 2.76. The maximum absolute atomic E-state index is 2.25. The van der Waals surface area contributed by atoms with Crippen LogP contribution in [0.2, 0.25) is 0 Å². The zero-order valence-corrected chi connectivity index (χ0v) is 10.0. The second kappa shape index (κ2) is 4.20. The Hall–Kier alpha value is 1.09. The number of rotatable bonds is 0. The molecule has 0 aliphatic heterocycles. The van der Waals surface area contributed by atoms with E-state index in [9.17, 15) is 0 Å². The van der Waals surface area contributed by atoms with Gasteiger partial charge in [-0.2, -0.15) is 11.8 Å². The monoisotopic (exact) mass is 253 g/mol. The van der Waals surface area contributed by atoms with Crippen LogP contribution in [0.5, 0.6) is 0 Å². The minimum Gasteiger partial charge on any atom is -0.150 e. The van der Waals surface area contributed by atoms with Crippen molar-refractivity contribution in [2.24, 2.45) is 0 Å². The summed E-state index contributed by atoms with van der Waals surface area (Å²) in [4.78, 5) is 0. The van der Waals surface area contributed by atoms with E-state index in [1.54, 1.807) is 0 Å². The summed E-state index contributed by atoms with van der Waals surface area (Å²) in [5.74, 6) is 0. The van der Waals surface area contributed by atoms with Crippen LogP contribution in [0.25, 0.3) is 0 Å². The van der Waals surface area contributed by atoms with Crippen LogP contribution in [0.1, 0.15) is 41.5 Å². The maximum atomic E-state index is 2.25. The average Bonchev–Trinajstić information content (AvgIpc) is 1.14. The summed E-state index contributed by atoms with van der Waals surface area (Å²) in [5, 5.41) is 0. The zero-order chi connectivity index (χ0) is 7.71. The summed E-state index contributed by atoms with van der Waals surface area (Å²) in [5.41, 5.74) is 0. The molecule has 0 bridgehead atoms. The van der Waals surface area contributed by atoms with Gasteiger partial charge in [-0.1, -0.05) is 41.5 Å². The van der Waals surface area contributed by atoms with Gasteiger partial charge in [0.1, 0.15) is 0 Å². The largest absolute Gasteiger partial charge is 0.150 e. The smallest absolute Gasteiger partial charge is 0.00803 e. The Morgan fingerprint density at radius 1 is 0.700 bits per heavy atom. The predicted molar refractivity (Wildman–Crippen MR) is 47.1 cm³/mol. The Kier molecular flexibility index (Phi) is 5.74. The zero-order valence-electron chi connectivity index (χ0n) is 7.71. The molecule has 0 aromatic heterocycles. The molecule has 0 fully saturated rings. The molecule has 0 rings (SSSR count). The van der Waals surface area contributed by atoms with Crippen molar-refractivity contribution in [3.63, 3.8) is 0 Å². The van der Waals surface area contributed by atoms with E-state index in [2.05, 4.69) is 41.5 Å². The van der Waals surface area contributed by atoms with Crippen LogP contribution in [0, 0.1) is 0 Å². The molecule has 0 unspecified atom stereocenters. The SMILES string of the molecule is CC(C)(C)SC(C)(C)C.[Ag]. The van der Waals surface area contributed by atoms with E-state index >= 15 is 0 Å². The Balaban J connectivity index is 0. The van der Waals surface area contributed by atoms with Gasteiger partial charge in [-0.3, -0.25) is 0 Å². The van der Waals surface area contributed by atoms with E-state index in [0.717, 1.165) is 0 Å². The van der Waals surface area contributed by atoms with Crippen LogP contribution in [0.4, 0.5) is 0 Å². The van der Waals surface area contributed by atoms with Gasteiger partial charge in [0.2, 0.25) is 0 Å². The van der Waals surface area contributed by atoms with E-state index in [1.807, 2.05) is 11.8 Å². The molecule has 67 valence electrons. The second-order valence-electron chi connectivity index (χ2n) is 4.33. The van der Waals surface area contributed by atoms with Gasteiger partial charge in [0.05, 0.1) is 0 Å². The summed E-state index contributed by atoms with van der Waals surface area (Å²) < 4.78 is 0.802. The van der Waals surface area contributed by atoms with E-state index in [1.165, 1.54) is 0 Å². The van der Waals surface area contributed by atoms with Crippen molar-refractivity contribution in [2.45, 2.75) is 51.0 Å². The van der Waals surface area contributed by atoms with Crippen molar-refractivity contribution >= 4 is 11.8 Å². The molecule has 0 atom stereocenters. The van der Waals surface area contributed by atoms with Crippen LogP contribution in [-0.2, 0) is 22.4 Å². The molecule has 0 spiro atoms. The number of thioether (sulfide) groups is 1. The molecule has 10 heavy (non-hydrogen) atoms. The topological polar surface area (TPSA) is 0 Å². The Morgan fingerprint density at radius 2 is 0.900 bits per heavy atom. The molecular formula is C8H18AgS. The molecule has 0 amide bonds. The van der Waals surface area contributed by atoms with Crippen LogP contribution in [0.15, 0.2) is 0 Å². The molecule has 0 aliphatic rings. The molecule has 0 nitrogen and oxygen atoms in total. The third-order valence-electron chi connectivity index (χ3n) is 0.612. The number of hydrogen-bond donors (Lipinski definition) is 0. The molecule has 2 heteroatoms. The maximum Gasteiger partial charge on any atom is 0.00803 e. The minimum atomic E-state index is 0. The fraction of sp³-hybridized carbons (Fsp3) is 1.00. The molecule has 0 saturated heterocycles. The Bertz CT molecular complexity index is 74.4. The summed E-state index contributed by atoms with van der Waals surface area (Å²) in [6, 6.07) is 0. The predicted octanol–water partition coefficient (Wildman–Crippen LogP) is 3.31. The van der Waals surface area contributed by atoms with Gasteiger partial charge in [-0.25, -0.2) is 0 Å². The average molecular weight is 254 g/mol. The van der Waals surface area contributed by atoms with Crippen molar-refractivity contribution in [2.75, 3.05) is 0 Å². The van der Waals surface area contributed by atoms with Crippen LogP contribution in [0.3, 0.4) is 0 Å². The standard InChI is InChI=1S/C8H18S.Ag/c1-7(2,3)9-8(4,5)6;/h1-6H3;. The summed E-state index contributed by atoms with van der Waals surface area (Å²) in [6.45, 7) is 13.5. The van der Waals surface area contributed by atoms with Crippen molar-refractivity contribution in [3.8, 4) is 0 Å². The first kappa shape index (κ1) is 13.7. The Labute approximate surface area is 85.1 Å². The molecule has 0 saturated carbocycles. The quantitative estimate of drug-likeness (QED) is 0.597. The van der Waals surface area contributed by atoms with E-state index in [4.69, 9.17) is 0 Å². The first-order valence-corrected chi connectivity index (χ1v) is 4.22. The van der Waals surface area contributed by atoms with E-state index in [0.29, 0.717) is 9.49 Å². The van der Waals surface area contributed by atoms with Crippen molar-refractivity contribution < 1.29 is 22.4 Å². The molecule has 1 radical (unpaired) electrons. The van der Waals surface area contributed by atoms with Gasteiger partial charge in [0.25, 0.3) is 0 Å².